The molecule has 2 atom stereocenters. The predicted octanol–water partition coefficient (Wildman–Crippen LogP) is 6.98. The molecule has 1 aliphatic rings. The third kappa shape index (κ3) is 4.57. The molecule has 5 nitrogen and oxygen atoms in total. The van der Waals surface area contributed by atoms with Crippen LogP contribution in [0.1, 0.15) is 40.3 Å². The van der Waals surface area contributed by atoms with Crippen molar-refractivity contribution in [2.75, 3.05) is 7.11 Å². The fourth-order valence-corrected chi connectivity index (χ4v) is 5.76. The Kier molecular flexibility index (Phi) is 6.93. The lowest BCUT2D eigenvalue weighted by molar-refractivity contribution is 0.310. The molecule has 2 aromatic carbocycles. The van der Waals surface area contributed by atoms with Gasteiger partial charge >= 0.3 is 0 Å². The van der Waals surface area contributed by atoms with Crippen molar-refractivity contribution in [2.45, 2.75) is 32.5 Å². The Hall–Kier alpha value is -3.06. The summed E-state index contributed by atoms with van der Waals surface area (Å²) in [5, 5.41) is 5.45. The van der Waals surface area contributed by atoms with Crippen LogP contribution in [0.2, 0.25) is 10.0 Å². The number of benzene rings is 2. The van der Waals surface area contributed by atoms with E-state index in [1.54, 1.807) is 13.2 Å². The minimum atomic E-state index is -0.105. The van der Waals surface area contributed by atoms with Crippen LogP contribution in [-0.4, -0.2) is 26.7 Å². The number of nitrogens with one attached hydrogen (secondary N) is 1. The third-order valence-corrected chi connectivity index (χ3v) is 7.54. The molecule has 1 N–H and O–H groups in total. The van der Waals surface area contributed by atoms with Crippen molar-refractivity contribution in [1.29, 1.82) is 0 Å². The van der Waals surface area contributed by atoms with Gasteiger partial charge in [0, 0.05) is 29.2 Å². The molecule has 1 saturated heterocycles. The molecule has 0 unspecified atom stereocenters. The highest BCUT2D eigenvalue weighted by Crippen LogP contribution is 2.42. The lowest BCUT2D eigenvalue weighted by Gasteiger charge is -2.28. The first-order valence-corrected chi connectivity index (χ1v) is 12.8. The third-order valence-electron chi connectivity index (χ3n) is 6.65. The molecule has 1 fully saturated rings. The molecule has 184 valence electrons. The van der Waals surface area contributed by atoms with Crippen molar-refractivity contribution in [1.82, 2.24) is 19.8 Å². The summed E-state index contributed by atoms with van der Waals surface area (Å²) in [4.78, 5) is 6.91. The molecule has 36 heavy (non-hydrogen) atoms. The molecular formula is C28H26Cl2N4OS. The average Bonchev–Trinajstić information content (AvgIpc) is 3.35. The van der Waals surface area contributed by atoms with Crippen LogP contribution in [0.25, 0.3) is 5.69 Å². The highest BCUT2D eigenvalue weighted by molar-refractivity contribution is 7.80. The summed E-state index contributed by atoms with van der Waals surface area (Å²) in [5.41, 5.74) is 6.31. The van der Waals surface area contributed by atoms with Gasteiger partial charge in [-0.3, -0.25) is 4.98 Å². The van der Waals surface area contributed by atoms with Crippen molar-refractivity contribution < 1.29 is 4.74 Å². The molecule has 0 amide bonds. The zero-order valence-corrected chi connectivity index (χ0v) is 22.5. The molecule has 0 aliphatic carbocycles. The van der Waals surface area contributed by atoms with Gasteiger partial charge in [-0.05, 0) is 85.7 Å². The van der Waals surface area contributed by atoms with E-state index in [1.165, 1.54) is 0 Å². The standard InChI is InChI=1S/C28H26Cl2N4OS/c1-17-14-22(18(2)34(17)25-12-9-20(29)15-23(25)30)27-26(24-6-4-5-13-31-24)32-28(36)33(27)16-19-7-10-21(35-3)11-8-19/h4-15,26-27H,16H2,1-3H3,(H,32,36)/t26-,27+/m1/s1. The molecule has 8 heteroatoms. The van der Waals surface area contributed by atoms with Gasteiger partial charge in [-0.2, -0.15) is 0 Å². The van der Waals surface area contributed by atoms with Gasteiger partial charge in [-0.25, -0.2) is 0 Å². The molecule has 0 bridgehead atoms. The van der Waals surface area contributed by atoms with E-state index in [9.17, 15) is 0 Å². The summed E-state index contributed by atoms with van der Waals surface area (Å²) in [5.74, 6) is 0.826. The van der Waals surface area contributed by atoms with Crippen LogP contribution >= 0.6 is 35.4 Å². The second-order valence-electron chi connectivity index (χ2n) is 8.86. The number of ether oxygens (including phenoxy) is 1. The predicted molar refractivity (Wildman–Crippen MR) is 149 cm³/mol. The van der Waals surface area contributed by atoms with Crippen LogP contribution in [0.4, 0.5) is 0 Å². The fourth-order valence-electron chi connectivity index (χ4n) is 4.96. The highest BCUT2D eigenvalue weighted by atomic mass is 35.5. The first-order chi connectivity index (χ1) is 17.4. The summed E-state index contributed by atoms with van der Waals surface area (Å²) in [6, 6.07) is 21.7. The molecule has 1 aliphatic heterocycles. The SMILES string of the molecule is COc1ccc(CN2C(=S)N[C@H](c3ccccn3)[C@@H]2c2cc(C)n(-c3ccc(Cl)cc3Cl)c2C)cc1. The van der Waals surface area contributed by atoms with Crippen molar-refractivity contribution in [3.05, 3.63) is 111 Å². The molecule has 2 aromatic heterocycles. The average molecular weight is 538 g/mol. The van der Waals surface area contributed by atoms with Crippen LogP contribution < -0.4 is 10.1 Å². The number of rotatable bonds is 6. The maximum absolute atomic E-state index is 6.62. The zero-order chi connectivity index (χ0) is 25.4. The maximum atomic E-state index is 6.62. The topological polar surface area (TPSA) is 42.3 Å². The number of hydrogen-bond donors (Lipinski definition) is 1. The Balaban J connectivity index is 1.61. The van der Waals surface area contributed by atoms with E-state index in [-0.39, 0.29) is 12.1 Å². The smallest absolute Gasteiger partial charge is 0.170 e. The first-order valence-electron chi connectivity index (χ1n) is 11.6. The summed E-state index contributed by atoms with van der Waals surface area (Å²) in [7, 11) is 1.67. The number of pyridine rings is 1. The second kappa shape index (κ2) is 10.1. The maximum Gasteiger partial charge on any atom is 0.170 e. The molecule has 4 aromatic rings. The minimum absolute atomic E-state index is 0.0690. The van der Waals surface area contributed by atoms with Crippen molar-refractivity contribution in [3.63, 3.8) is 0 Å². The van der Waals surface area contributed by atoms with Crippen molar-refractivity contribution >= 4 is 40.5 Å². The van der Waals surface area contributed by atoms with Gasteiger partial charge in [0.15, 0.2) is 5.11 Å². The van der Waals surface area contributed by atoms with Crippen LogP contribution in [-0.2, 0) is 6.54 Å². The Morgan fingerprint density at radius 1 is 1.03 bits per heavy atom. The summed E-state index contributed by atoms with van der Waals surface area (Å²) in [6.07, 6.45) is 1.82. The van der Waals surface area contributed by atoms with E-state index in [4.69, 9.17) is 40.2 Å². The quantitative estimate of drug-likeness (QED) is 0.269. The Morgan fingerprint density at radius 2 is 1.81 bits per heavy atom. The minimum Gasteiger partial charge on any atom is -0.497 e. The number of halogens is 2. The van der Waals surface area contributed by atoms with E-state index >= 15 is 0 Å². The number of hydrogen-bond acceptors (Lipinski definition) is 3. The van der Waals surface area contributed by atoms with Gasteiger partial charge in [-0.1, -0.05) is 41.4 Å². The van der Waals surface area contributed by atoms with E-state index < -0.39 is 0 Å². The van der Waals surface area contributed by atoms with Gasteiger partial charge in [0.05, 0.1) is 35.6 Å². The Bertz CT molecular complexity index is 1410. The molecule has 0 spiro atoms. The highest BCUT2D eigenvalue weighted by Gasteiger charge is 2.41. The molecule has 5 rings (SSSR count). The Morgan fingerprint density at radius 3 is 2.47 bits per heavy atom. The number of thiocarbonyl (C=S) groups is 1. The number of aromatic nitrogens is 2. The van der Waals surface area contributed by atoms with Gasteiger partial charge < -0.3 is 19.5 Å². The number of aryl methyl sites for hydroxylation is 1. The summed E-state index contributed by atoms with van der Waals surface area (Å²) < 4.78 is 7.51. The molecule has 3 heterocycles. The normalized spacial score (nSPS) is 17.4. The van der Waals surface area contributed by atoms with Crippen LogP contribution in [0.3, 0.4) is 0 Å². The van der Waals surface area contributed by atoms with E-state index in [0.29, 0.717) is 21.7 Å². The molecule has 0 radical (unpaired) electrons. The summed E-state index contributed by atoms with van der Waals surface area (Å²) in [6.45, 7) is 4.86. The van der Waals surface area contributed by atoms with Crippen LogP contribution in [0, 0.1) is 13.8 Å². The van der Waals surface area contributed by atoms with E-state index in [2.05, 4.69) is 51.8 Å². The van der Waals surface area contributed by atoms with Gasteiger partial charge in [0.1, 0.15) is 5.75 Å². The fraction of sp³-hybridized carbons (Fsp3) is 0.214. The first kappa shape index (κ1) is 24.6. The lowest BCUT2D eigenvalue weighted by atomic mass is 9.96. The summed E-state index contributed by atoms with van der Waals surface area (Å²) >= 11 is 18.7. The number of methoxy groups -OCH3 is 1. The van der Waals surface area contributed by atoms with Crippen molar-refractivity contribution in [3.8, 4) is 11.4 Å². The lowest BCUT2D eigenvalue weighted by Crippen LogP contribution is -2.29. The van der Waals surface area contributed by atoms with Gasteiger partial charge in [-0.15, -0.1) is 0 Å². The van der Waals surface area contributed by atoms with Crippen LogP contribution in [0.5, 0.6) is 5.75 Å². The van der Waals surface area contributed by atoms with Gasteiger partial charge in [0.25, 0.3) is 0 Å². The largest absolute Gasteiger partial charge is 0.497 e. The Labute approximate surface area is 226 Å². The van der Waals surface area contributed by atoms with Crippen molar-refractivity contribution in [2.24, 2.45) is 0 Å². The van der Waals surface area contributed by atoms with Crippen LogP contribution in [0.15, 0.2) is 72.9 Å². The van der Waals surface area contributed by atoms with Gasteiger partial charge in [0.2, 0.25) is 0 Å². The monoisotopic (exact) mass is 536 g/mol. The zero-order valence-electron chi connectivity index (χ0n) is 20.2. The molecular weight excluding hydrogens is 511 g/mol. The van der Waals surface area contributed by atoms with E-state index in [0.717, 1.165) is 39.6 Å². The molecule has 0 saturated carbocycles. The number of nitrogens with zero attached hydrogens (tertiary/aromatic N) is 3. The second-order valence-corrected chi connectivity index (χ2v) is 10.1. The van der Waals surface area contributed by atoms with E-state index in [1.807, 2.05) is 48.7 Å².